The van der Waals surface area contributed by atoms with Gasteiger partial charge < -0.3 is 15.4 Å². The minimum absolute atomic E-state index is 0.103. The van der Waals surface area contributed by atoms with E-state index in [0.717, 1.165) is 25.7 Å². The highest BCUT2D eigenvalue weighted by atomic mass is 19.2. The second-order valence-electron chi connectivity index (χ2n) is 13.3. The Hall–Kier alpha value is -3.81. The maximum atomic E-state index is 15.8. The number of amides is 1. The Morgan fingerprint density at radius 2 is 1.81 bits per heavy atom. The SMILES string of the molecule is C=c1c(OC2CC2)cc(C(=O)NCC(c2cc(C(C)(C)C)c(F)c(-c3ccc(F)cc3)n2)C2CC2)c/c1=C/NC1(F)CC1. The number of pyridine rings is 1. The molecule has 1 unspecified atom stereocenters. The Balaban J connectivity index is 1.30. The molecule has 6 rings (SSSR count). The van der Waals surface area contributed by atoms with Crippen LogP contribution in [0.3, 0.4) is 0 Å². The van der Waals surface area contributed by atoms with Crippen molar-refractivity contribution in [2.75, 3.05) is 6.54 Å². The average molecular weight is 590 g/mol. The minimum Gasteiger partial charge on any atom is -0.490 e. The van der Waals surface area contributed by atoms with Crippen LogP contribution in [0.1, 0.15) is 86.8 Å². The van der Waals surface area contributed by atoms with Gasteiger partial charge in [0, 0.05) is 58.8 Å². The van der Waals surface area contributed by atoms with E-state index in [9.17, 15) is 13.6 Å². The topological polar surface area (TPSA) is 63.2 Å². The third-order valence-corrected chi connectivity index (χ3v) is 8.46. The standard InChI is InChI=1S/C35H38F3N3O2/c1-20-24(18-40-35(38)13-14-35)15-23(16-30(20)43-26-11-12-26)33(42)39-19-27(21-5-6-21)29-17-28(34(2,3)4)31(37)32(41-29)22-7-9-25(36)10-8-22/h7-10,15-18,21,26-27,40H,1,5-6,11-14,19H2,2-4H3,(H,39,42)/b24-18-. The van der Waals surface area contributed by atoms with E-state index in [-0.39, 0.29) is 23.6 Å². The van der Waals surface area contributed by atoms with Crippen molar-refractivity contribution in [2.45, 2.75) is 82.5 Å². The molecule has 2 N–H and O–H groups in total. The van der Waals surface area contributed by atoms with Crippen molar-refractivity contribution in [1.82, 2.24) is 15.6 Å². The van der Waals surface area contributed by atoms with Crippen molar-refractivity contribution in [3.63, 3.8) is 0 Å². The van der Waals surface area contributed by atoms with Crippen LogP contribution < -0.4 is 25.8 Å². The second kappa shape index (κ2) is 11.0. The second-order valence-corrected chi connectivity index (χ2v) is 13.3. The molecule has 0 saturated heterocycles. The summed E-state index contributed by atoms with van der Waals surface area (Å²) in [6, 6.07) is 10.9. The van der Waals surface area contributed by atoms with Crippen LogP contribution in [0.2, 0.25) is 0 Å². The lowest BCUT2D eigenvalue weighted by Crippen LogP contribution is -2.35. The van der Waals surface area contributed by atoms with Gasteiger partial charge in [-0.25, -0.2) is 18.2 Å². The fraction of sp³-hybridized carbons (Fsp3) is 0.429. The molecule has 3 saturated carbocycles. The quantitative estimate of drug-likeness (QED) is 0.286. The van der Waals surface area contributed by atoms with Gasteiger partial charge in [-0.05, 0) is 85.0 Å². The van der Waals surface area contributed by atoms with Crippen LogP contribution in [0.4, 0.5) is 13.2 Å². The summed E-state index contributed by atoms with van der Waals surface area (Å²) in [6.45, 7) is 10.3. The number of aromatic nitrogens is 1. The highest BCUT2D eigenvalue weighted by Crippen LogP contribution is 2.44. The van der Waals surface area contributed by atoms with E-state index in [1.807, 2.05) is 26.8 Å². The molecule has 2 aromatic carbocycles. The van der Waals surface area contributed by atoms with Crippen LogP contribution in [0.5, 0.6) is 5.75 Å². The van der Waals surface area contributed by atoms with E-state index in [1.165, 1.54) is 24.3 Å². The number of rotatable bonds is 10. The van der Waals surface area contributed by atoms with Gasteiger partial charge in [-0.2, -0.15) is 0 Å². The summed E-state index contributed by atoms with van der Waals surface area (Å²) in [5, 5.41) is 7.10. The molecule has 43 heavy (non-hydrogen) atoms. The van der Waals surface area contributed by atoms with E-state index in [0.29, 0.717) is 63.9 Å². The molecule has 3 aliphatic rings. The first-order valence-corrected chi connectivity index (χ1v) is 15.1. The summed E-state index contributed by atoms with van der Waals surface area (Å²) in [5.74, 6) is -1.83. The van der Waals surface area contributed by atoms with E-state index >= 15 is 4.39 Å². The molecule has 3 fully saturated rings. The summed E-state index contributed by atoms with van der Waals surface area (Å²) < 4.78 is 49.8. The van der Waals surface area contributed by atoms with Crippen molar-refractivity contribution in [3.05, 3.63) is 81.4 Å². The zero-order valence-electron chi connectivity index (χ0n) is 24.9. The summed E-state index contributed by atoms with van der Waals surface area (Å²) in [6.07, 6.45) is 6.44. The monoisotopic (exact) mass is 589 g/mol. The molecule has 0 radical (unpaired) electrons. The van der Waals surface area contributed by atoms with Crippen LogP contribution in [-0.2, 0) is 5.41 Å². The number of hydrogen-bond donors (Lipinski definition) is 2. The van der Waals surface area contributed by atoms with E-state index in [4.69, 9.17) is 9.72 Å². The number of nitrogens with one attached hydrogen (secondary N) is 2. The largest absolute Gasteiger partial charge is 0.490 e. The maximum absolute atomic E-state index is 15.8. The fourth-order valence-electron chi connectivity index (χ4n) is 5.26. The first-order chi connectivity index (χ1) is 20.4. The Morgan fingerprint density at radius 3 is 2.42 bits per heavy atom. The first-order valence-electron chi connectivity index (χ1n) is 15.1. The Bertz CT molecular complexity index is 1650. The minimum atomic E-state index is -1.40. The van der Waals surface area contributed by atoms with Crippen molar-refractivity contribution in [3.8, 4) is 17.0 Å². The third kappa shape index (κ3) is 6.73. The number of ether oxygens (including phenoxy) is 1. The van der Waals surface area contributed by atoms with Gasteiger partial charge in [0.15, 0.2) is 11.6 Å². The van der Waals surface area contributed by atoms with Gasteiger partial charge in [-0.15, -0.1) is 0 Å². The van der Waals surface area contributed by atoms with E-state index in [2.05, 4.69) is 17.2 Å². The van der Waals surface area contributed by atoms with Gasteiger partial charge in [-0.3, -0.25) is 4.79 Å². The predicted molar refractivity (Wildman–Crippen MR) is 162 cm³/mol. The van der Waals surface area contributed by atoms with Crippen molar-refractivity contribution in [1.29, 1.82) is 0 Å². The van der Waals surface area contributed by atoms with Gasteiger partial charge in [0.25, 0.3) is 5.91 Å². The van der Waals surface area contributed by atoms with Gasteiger partial charge in [0.05, 0.1) is 6.10 Å². The number of carbonyl (C=O) groups excluding carboxylic acids is 1. The lowest BCUT2D eigenvalue weighted by molar-refractivity contribution is 0.0949. The number of halogens is 3. The van der Waals surface area contributed by atoms with E-state index < -0.39 is 22.8 Å². The maximum Gasteiger partial charge on any atom is 0.251 e. The number of nitrogens with zero attached hydrogens (tertiary/aromatic N) is 1. The molecule has 0 spiro atoms. The van der Waals surface area contributed by atoms with Crippen molar-refractivity contribution < 1.29 is 22.7 Å². The lowest BCUT2D eigenvalue weighted by atomic mass is 9.84. The van der Waals surface area contributed by atoms with Crippen LogP contribution in [0.25, 0.3) is 24.0 Å². The molecule has 5 nitrogen and oxygen atoms in total. The molecule has 0 aliphatic heterocycles. The summed E-state index contributed by atoms with van der Waals surface area (Å²) in [4.78, 5) is 18.3. The van der Waals surface area contributed by atoms with Crippen molar-refractivity contribution in [2.24, 2.45) is 5.92 Å². The van der Waals surface area contributed by atoms with Crippen molar-refractivity contribution >= 4 is 18.7 Å². The van der Waals surface area contributed by atoms with Crippen LogP contribution in [0, 0.1) is 17.6 Å². The number of alkyl halides is 1. The van der Waals surface area contributed by atoms with Gasteiger partial charge >= 0.3 is 0 Å². The molecule has 0 bridgehead atoms. The summed E-state index contributed by atoms with van der Waals surface area (Å²) in [5.41, 5.74) is 1.80. The van der Waals surface area contributed by atoms with Crippen LogP contribution in [-0.4, -0.2) is 29.3 Å². The molecule has 1 atom stereocenters. The number of hydrogen-bond acceptors (Lipinski definition) is 4. The van der Waals surface area contributed by atoms with Crippen LogP contribution in [0.15, 0.2) is 42.5 Å². The van der Waals surface area contributed by atoms with Gasteiger partial charge in [0.1, 0.15) is 17.3 Å². The third-order valence-electron chi connectivity index (χ3n) is 8.46. The Kier molecular flexibility index (Phi) is 7.51. The highest BCUT2D eigenvalue weighted by molar-refractivity contribution is 5.94. The van der Waals surface area contributed by atoms with Gasteiger partial charge in [0.2, 0.25) is 0 Å². The van der Waals surface area contributed by atoms with Gasteiger partial charge in [-0.1, -0.05) is 27.4 Å². The normalized spacial score (nSPS) is 18.7. The molecule has 1 heterocycles. The molecule has 3 aromatic rings. The zero-order valence-corrected chi connectivity index (χ0v) is 24.9. The Morgan fingerprint density at radius 1 is 1.12 bits per heavy atom. The summed E-state index contributed by atoms with van der Waals surface area (Å²) in [7, 11) is 0. The lowest BCUT2D eigenvalue weighted by Gasteiger charge is -2.25. The van der Waals surface area contributed by atoms with Crippen LogP contribution >= 0.6 is 0 Å². The predicted octanol–water partition coefficient (Wildman–Crippen LogP) is 5.99. The average Bonchev–Trinajstić information content (AvgIpc) is 3.81. The highest BCUT2D eigenvalue weighted by Gasteiger charge is 2.42. The molecule has 3 aliphatic carbocycles. The number of carbonyl (C=O) groups is 1. The summed E-state index contributed by atoms with van der Waals surface area (Å²) >= 11 is 0. The zero-order chi connectivity index (χ0) is 30.5. The molecular weight excluding hydrogens is 551 g/mol. The first kappa shape index (κ1) is 29.3. The molecule has 226 valence electrons. The number of benzene rings is 2. The fourth-order valence-corrected chi connectivity index (χ4v) is 5.26. The molecular formula is C35H38F3N3O2. The Labute approximate surface area is 250 Å². The molecule has 1 aromatic heterocycles. The molecule has 8 heteroatoms. The van der Waals surface area contributed by atoms with E-state index in [1.54, 1.807) is 18.3 Å². The molecule has 1 amide bonds. The smallest absolute Gasteiger partial charge is 0.251 e.